The van der Waals surface area contributed by atoms with Gasteiger partial charge in [0, 0.05) is 49.5 Å². The van der Waals surface area contributed by atoms with Gasteiger partial charge in [0.1, 0.15) is 0 Å². The van der Waals surface area contributed by atoms with Crippen molar-refractivity contribution >= 4 is 49.4 Å². The molecule has 272 valence electrons. The molecule has 58 heavy (non-hydrogen) atoms. The molecule has 0 aliphatic heterocycles. The highest BCUT2D eigenvalue weighted by Crippen LogP contribution is 2.38. The van der Waals surface area contributed by atoms with Crippen molar-refractivity contribution in [2.24, 2.45) is 0 Å². The summed E-state index contributed by atoms with van der Waals surface area (Å²) < 4.78 is 4.52. The predicted octanol–water partition coefficient (Wildman–Crippen LogP) is 12.9. The number of rotatable bonds is 7. The third kappa shape index (κ3) is 5.60. The molecule has 3 aromatic heterocycles. The molecule has 0 saturated heterocycles. The molecule has 8 aromatic carbocycles. The van der Waals surface area contributed by atoms with Crippen molar-refractivity contribution in [2.45, 2.75) is 0 Å². The molecule has 0 N–H and O–H groups in total. The lowest BCUT2D eigenvalue weighted by atomic mass is 10.0. The second-order valence-corrected chi connectivity index (χ2v) is 14.6. The predicted molar refractivity (Wildman–Crippen MR) is 237 cm³/mol. The Morgan fingerprint density at radius 3 is 1.38 bits per heavy atom. The van der Waals surface area contributed by atoms with Crippen molar-refractivity contribution < 1.29 is 4.79 Å². The molecule has 0 radical (unpaired) electrons. The van der Waals surface area contributed by atoms with E-state index in [1.54, 1.807) is 0 Å². The molecule has 0 fully saturated rings. The fourth-order valence-corrected chi connectivity index (χ4v) is 8.36. The normalized spacial score (nSPS) is 11.5. The molecule has 11 rings (SSSR count). The van der Waals surface area contributed by atoms with E-state index in [4.69, 9.17) is 9.97 Å². The lowest BCUT2D eigenvalue weighted by molar-refractivity contribution is 0.103. The van der Waals surface area contributed by atoms with E-state index in [-0.39, 0.29) is 5.78 Å². The highest BCUT2D eigenvalue weighted by Gasteiger charge is 2.19. The first-order chi connectivity index (χ1) is 28.7. The third-order valence-electron chi connectivity index (χ3n) is 11.2. The number of benzene rings is 8. The zero-order chi connectivity index (χ0) is 38.6. The molecule has 0 atom stereocenters. The van der Waals surface area contributed by atoms with Gasteiger partial charge in [-0.15, -0.1) is 0 Å². The van der Waals surface area contributed by atoms with E-state index in [1.807, 2.05) is 78.9 Å². The number of para-hydroxylation sites is 3. The van der Waals surface area contributed by atoms with Gasteiger partial charge in [-0.05, 0) is 65.7 Å². The zero-order valence-electron chi connectivity index (χ0n) is 31.3. The fraction of sp³-hybridized carbons (Fsp3) is 0. The largest absolute Gasteiger partial charge is 0.309 e. The highest BCUT2D eigenvalue weighted by molar-refractivity contribution is 6.13. The maximum atomic E-state index is 13.2. The van der Waals surface area contributed by atoms with Crippen LogP contribution >= 0.6 is 0 Å². The van der Waals surface area contributed by atoms with Crippen LogP contribution in [0.5, 0.6) is 0 Å². The molecule has 0 spiro atoms. The fourth-order valence-electron chi connectivity index (χ4n) is 8.36. The van der Waals surface area contributed by atoms with Gasteiger partial charge in [0.25, 0.3) is 0 Å². The minimum absolute atomic E-state index is 0.0102. The summed E-state index contributed by atoms with van der Waals surface area (Å²) in [6.07, 6.45) is 0. The summed E-state index contributed by atoms with van der Waals surface area (Å²) in [5.74, 6) is 0.568. The Bertz CT molecular complexity index is 3330. The average Bonchev–Trinajstić information content (AvgIpc) is 3.82. The van der Waals surface area contributed by atoms with Crippen LogP contribution in [0.3, 0.4) is 0 Å². The first-order valence-electron chi connectivity index (χ1n) is 19.5. The summed E-state index contributed by atoms with van der Waals surface area (Å²) in [5, 5.41) is 4.69. The number of ketones is 1. The monoisotopic (exact) mass is 742 g/mol. The van der Waals surface area contributed by atoms with Crippen LogP contribution in [0.2, 0.25) is 0 Å². The molecular formula is C53H34N4O. The van der Waals surface area contributed by atoms with Gasteiger partial charge >= 0.3 is 0 Å². The van der Waals surface area contributed by atoms with E-state index < -0.39 is 0 Å². The quantitative estimate of drug-likeness (QED) is 0.153. The van der Waals surface area contributed by atoms with E-state index in [0.29, 0.717) is 17.1 Å². The van der Waals surface area contributed by atoms with Gasteiger partial charge in [0.15, 0.2) is 5.78 Å². The van der Waals surface area contributed by atoms with Crippen molar-refractivity contribution in [3.63, 3.8) is 0 Å². The van der Waals surface area contributed by atoms with Crippen molar-refractivity contribution in [1.29, 1.82) is 0 Å². The Kier molecular flexibility index (Phi) is 7.90. The first kappa shape index (κ1) is 33.4. The summed E-state index contributed by atoms with van der Waals surface area (Å²) >= 11 is 0. The Morgan fingerprint density at radius 2 is 0.776 bits per heavy atom. The molecule has 0 saturated carbocycles. The number of fused-ring (bicyclic) bond motifs is 6. The number of carbonyl (C=O) groups is 1. The zero-order valence-corrected chi connectivity index (χ0v) is 31.3. The Hall–Kier alpha value is -7.89. The average molecular weight is 743 g/mol. The van der Waals surface area contributed by atoms with Crippen LogP contribution < -0.4 is 0 Å². The molecule has 0 aliphatic carbocycles. The number of hydrogen-bond acceptors (Lipinski definition) is 3. The Balaban J connectivity index is 1.05. The molecule has 5 heteroatoms. The van der Waals surface area contributed by atoms with Gasteiger partial charge in [-0.2, -0.15) is 0 Å². The van der Waals surface area contributed by atoms with Gasteiger partial charge in [-0.25, -0.2) is 9.97 Å². The van der Waals surface area contributed by atoms with Crippen molar-refractivity contribution in [2.75, 3.05) is 0 Å². The molecule has 11 aromatic rings. The SMILES string of the molecule is O=C(c1ccccc1)c1ccc(-c2cc(-c3ccccc3)nc(-n3c4ccccc4c4cc(-c5ccc6c(c5)c5ccccc5n6-c5ccccc5)ccc43)n2)cc1. The summed E-state index contributed by atoms with van der Waals surface area (Å²) in [7, 11) is 0. The van der Waals surface area contributed by atoms with Gasteiger partial charge in [0.05, 0.1) is 33.5 Å². The second-order valence-electron chi connectivity index (χ2n) is 14.6. The summed E-state index contributed by atoms with van der Waals surface area (Å²) in [6.45, 7) is 0. The van der Waals surface area contributed by atoms with E-state index >= 15 is 0 Å². The Morgan fingerprint density at radius 1 is 0.345 bits per heavy atom. The maximum absolute atomic E-state index is 13.2. The van der Waals surface area contributed by atoms with Gasteiger partial charge in [-0.3, -0.25) is 9.36 Å². The topological polar surface area (TPSA) is 52.7 Å². The summed E-state index contributed by atoms with van der Waals surface area (Å²) in [6, 6.07) is 70.6. The maximum Gasteiger partial charge on any atom is 0.235 e. The molecule has 0 amide bonds. The molecule has 0 aliphatic rings. The molecule has 0 bridgehead atoms. The van der Waals surface area contributed by atoms with Crippen LogP contribution in [0, 0.1) is 0 Å². The lowest BCUT2D eigenvalue weighted by Gasteiger charge is -2.12. The molecule has 3 heterocycles. The van der Waals surface area contributed by atoms with E-state index in [1.165, 1.54) is 21.8 Å². The van der Waals surface area contributed by atoms with E-state index in [0.717, 1.165) is 61.1 Å². The molecular weight excluding hydrogens is 709 g/mol. The minimum Gasteiger partial charge on any atom is -0.309 e. The third-order valence-corrected chi connectivity index (χ3v) is 11.2. The first-order valence-corrected chi connectivity index (χ1v) is 19.5. The van der Waals surface area contributed by atoms with Crippen LogP contribution in [-0.4, -0.2) is 24.9 Å². The molecule has 5 nitrogen and oxygen atoms in total. The van der Waals surface area contributed by atoms with E-state index in [2.05, 4.69) is 137 Å². The minimum atomic E-state index is -0.0102. The van der Waals surface area contributed by atoms with E-state index in [9.17, 15) is 4.79 Å². The summed E-state index contributed by atoms with van der Waals surface area (Å²) in [4.78, 5) is 23.7. The van der Waals surface area contributed by atoms with Crippen LogP contribution in [0.25, 0.3) is 88.9 Å². The van der Waals surface area contributed by atoms with Crippen LogP contribution in [-0.2, 0) is 0 Å². The van der Waals surface area contributed by atoms with Crippen LogP contribution in [0.4, 0.5) is 0 Å². The van der Waals surface area contributed by atoms with Gasteiger partial charge < -0.3 is 4.57 Å². The number of hydrogen-bond donors (Lipinski definition) is 0. The van der Waals surface area contributed by atoms with Gasteiger partial charge in [0.2, 0.25) is 5.95 Å². The number of aromatic nitrogens is 4. The summed E-state index contributed by atoms with van der Waals surface area (Å²) in [5.41, 5.74) is 12.6. The van der Waals surface area contributed by atoms with Crippen LogP contribution in [0.15, 0.2) is 206 Å². The van der Waals surface area contributed by atoms with Crippen molar-refractivity contribution in [1.82, 2.24) is 19.1 Å². The highest BCUT2D eigenvalue weighted by atomic mass is 16.1. The van der Waals surface area contributed by atoms with Crippen molar-refractivity contribution in [3.05, 3.63) is 217 Å². The van der Waals surface area contributed by atoms with Crippen LogP contribution in [0.1, 0.15) is 15.9 Å². The second kappa shape index (κ2) is 13.7. The standard InChI is InChI=1S/C53H34N4O/c58-52(37-16-6-2-7-17-37)38-26-24-36(25-27-38)47-34-46(35-14-4-1-5-15-35)54-53(55-47)57-49-23-13-11-21-43(49)45-33-40(29-31-51(45)57)39-28-30-50-44(32-39)42-20-10-12-22-48(42)56(50)41-18-8-3-9-19-41/h1-34H. The molecule has 0 unspecified atom stereocenters. The van der Waals surface area contributed by atoms with Crippen molar-refractivity contribution in [3.8, 4) is 45.3 Å². The lowest BCUT2D eigenvalue weighted by Crippen LogP contribution is -2.04. The Labute approximate surface area is 334 Å². The smallest absolute Gasteiger partial charge is 0.235 e. The number of carbonyl (C=O) groups excluding carboxylic acids is 1. The number of nitrogens with zero attached hydrogens (tertiary/aromatic N) is 4. The van der Waals surface area contributed by atoms with Gasteiger partial charge in [-0.1, -0.05) is 152 Å².